The molecule has 30 heavy (non-hydrogen) atoms. The van der Waals surface area contributed by atoms with Gasteiger partial charge < -0.3 is 10.1 Å². The Kier molecular flexibility index (Phi) is 6.03. The molecule has 0 unspecified atom stereocenters. The fraction of sp³-hybridized carbons (Fsp3) is 0.238. The minimum absolute atomic E-state index is 0.155. The third-order valence-corrected chi connectivity index (χ3v) is 7.32. The Labute approximate surface area is 184 Å². The van der Waals surface area contributed by atoms with E-state index in [1.165, 1.54) is 11.4 Å². The summed E-state index contributed by atoms with van der Waals surface area (Å²) in [5.74, 6) is 0.918. The highest BCUT2D eigenvalue weighted by Crippen LogP contribution is 2.32. The maximum absolute atomic E-state index is 13.1. The number of nitrogens with zero attached hydrogens (tertiary/aromatic N) is 3. The quantitative estimate of drug-likeness (QED) is 0.551. The van der Waals surface area contributed by atoms with Crippen LogP contribution in [0.25, 0.3) is 11.3 Å². The molecule has 7 nitrogen and oxygen atoms in total. The van der Waals surface area contributed by atoms with Gasteiger partial charge in [0.05, 0.1) is 12.8 Å². The van der Waals surface area contributed by atoms with Crippen molar-refractivity contribution in [1.82, 2.24) is 14.5 Å². The molecule has 0 radical (unpaired) electrons. The van der Waals surface area contributed by atoms with Crippen molar-refractivity contribution in [3.05, 3.63) is 59.1 Å². The second-order valence-electron chi connectivity index (χ2n) is 6.92. The van der Waals surface area contributed by atoms with Crippen LogP contribution in [0.15, 0.2) is 64.0 Å². The van der Waals surface area contributed by atoms with Gasteiger partial charge in [-0.25, -0.2) is 8.42 Å². The average Bonchev–Trinajstić information content (AvgIpc) is 3.30. The maximum Gasteiger partial charge on any atom is 0.246 e. The van der Waals surface area contributed by atoms with Gasteiger partial charge in [-0.2, -0.15) is 4.31 Å². The Bertz CT molecular complexity index is 1150. The van der Waals surface area contributed by atoms with Crippen molar-refractivity contribution in [2.45, 2.75) is 17.7 Å². The van der Waals surface area contributed by atoms with E-state index in [1.807, 2.05) is 30.3 Å². The summed E-state index contributed by atoms with van der Waals surface area (Å²) in [6.07, 6.45) is 1.75. The van der Waals surface area contributed by atoms with Crippen molar-refractivity contribution in [2.24, 2.45) is 0 Å². The van der Waals surface area contributed by atoms with E-state index in [9.17, 15) is 8.42 Å². The van der Waals surface area contributed by atoms with Crippen LogP contribution in [-0.2, 0) is 10.0 Å². The number of benzene rings is 2. The van der Waals surface area contributed by atoms with Crippen LogP contribution in [-0.4, -0.2) is 43.1 Å². The number of ether oxygens (including phenoxy) is 1. The number of nitrogens with one attached hydrogen (secondary N) is 1. The first-order valence-corrected chi connectivity index (χ1v) is 11.8. The number of rotatable bonds is 6. The van der Waals surface area contributed by atoms with Crippen LogP contribution in [0.4, 0.5) is 11.5 Å². The molecule has 0 aliphatic carbocycles. The van der Waals surface area contributed by atoms with E-state index < -0.39 is 10.0 Å². The summed E-state index contributed by atoms with van der Waals surface area (Å²) in [4.78, 5) is 0.155. The molecule has 1 aliphatic heterocycles. The minimum Gasteiger partial charge on any atom is -0.495 e. The van der Waals surface area contributed by atoms with Gasteiger partial charge in [0.2, 0.25) is 10.0 Å². The highest BCUT2D eigenvalue weighted by atomic mass is 79.9. The predicted molar refractivity (Wildman–Crippen MR) is 119 cm³/mol. The van der Waals surface area contributed by atoms with E-state index in [0.717, 1.165) is 23.0 Å². The van der Waals surface area contributed by atoms with Crippen molar-refractivity contribution in [1.29, 1.82) is 0 Å². The standard InChI is InChI=1S/C21H21BrN4O3S/c1-29-19-9-7-15(13-20(19)30(27,28)26-11-2-3-12-26)18-8-10-21(25-24-18)23-17-6-4-5-16(22)14-17/h4-10,13-14H,2-3,11-12H2,1H3,(H,23,25). The van der Waals surface area contributed by atoms with Gasteiger partial charge in [-0.05, 0) is 61.4 Å². The molecule has 1 fully saturated rings. The highest BCUT2D eigenvalue weighted by Gasteiger charge is 2.30. The van der Waals surface area contributed by atoms with Crippen LogP contribution in [0.3, 0.4) is 0 Å². The van der Waals surface area contributed by atoms with Crippen molar-refractivity contribution >= 4 is 37.5 Å². The summed E-state index contributed by atoms with van der Waals surface area (Å²) in [7, 11) is -2.15. The Morgan fingerprint density at radius 1 is 1.03 bits per heavy atom. The number of anilines is 2. The zero-order valence-electron chi connectivity index (χ0n) is 16.4. The SMILES string of the molecule is COc1ccc(-c2ccc(Nc3cccc(Br)c3)nn2)cc1S(=O)(=O)N1CCCC1. The smallest absolute Gasteiger partial charge is 0.246 e. The summed E-state index contributed by atoms with van der Waals surface area (Å²) in [6, 6.07) is 16.4. The molecule has 1 aromatic heterocycles. The molecule has 0 atom stereocenters. The lowest BCUT2D eigenvalue weighted by Gasteiger charge is -2.18. The van der Waals surface area contributed by atoms with Crippen LogP contribution >= 0.6 is 15.9 Å². The second kappa shape index (κ2) is 8.71. The molecule has 2 heterocycles. The number of hydrogen-bond donors (Lipinski definition) is 1. The largest absolute Gasteiger partial charge is 0.495 e. The van der Waals surface area contributed by atoms with E-state index in [2.05, 4.69) is 31.4 Å². The van der Waals surface area contributed by atoms with Gasteiger partial charge in [0, 0.05) is 28.8 Å². The predicted octanol–water partition coefficient (Wildman–Crippen LogP) is 4.44. The van der Waals surface area contributed by atoms with Gasteiger partial charge in [-0.15, -0.1) is 10.2 Å². The van der Waals surface area contributed by atoms with Gasteiger partial charge in [0.1, 0.15) is 10.6 Å². The van der Waals surface area contributed by atoms with Gasteiger partial charge in [-0.1, -0.05) is 22.0 Å². The molecule has 9 heteroatoms. The van der Waals surface area contributed by atoms with Crippen molar-refractivity contribution in [3.63, 3.8) is 0 Å². The fourth-order valence-corrected chi connectivity index (χ4v) is 5.47. The summed E-state index contributed by atoms with van der Waals surface area (Å²) < 4.78 is 33.9. The van der Waals surface area contributed by atoms with Crippen molar-refractivity contribution < 1.29 is 13.2 Å². The monoisotopic (exact) mass is 488 g/mol. The molecule has 0 spiro atoms. The van der Waals surface area contributed by atoms with Crippen LogP contribution in [0, 0.1) is 0 Å². The van der Waals surface area contributed by atoms with E-state index in [0.29, 0.717) is 35.9 Å². The first kappa shape index (κ1) is 20.8. The summed E-state index contributed by atoms with van der Waals surface area (Å²) in [6.45, 7) is 1.07. The Morgan fingerprint density at radius 2 is 1.83 bits per heavy atom. The Morgan fingerprint density at radius 3 is 2.50 bits per heavy atom. The normalized spacial score (nSPS) is 14.6. The molecule has 0 bridgehead atoms. The molecular weight excluding hydrogens is 468 g/mol. The minimum atomic E-state index is -3.62. The third-order valence-electron chi connectivity index (χ3n) is 4.90. The Hall–Kier alpha value is -2.49. The van der Waals surface area contributed by atoms with Gasteiger partial charge in [0.15, 0.2) is 5.82 Å². The molecule has 3 aromatic rings. The molecule has 1 N–H and O–H groups in total. The summed E-state index contributed by atoms with van der Waals surface area (Å²) in [5.41, 5.74) is 2.13. The van der Waals surface area contributed by atoms with E-state index in [-0.39, 0.29) is 4.90 Å². The first-order chi connectivity index (χ1) is 14.5. The van der Waals surface area contributed by atoms with Crippen LogP contribution in [0.2, 0.25) is 0 Å². The Balaban J connectivity index is 1.62. The molecule has 156 valence electrons. The molecule has 2 aromatic carbocycles. The number of methoxy groups -OCH3 is 1. The molecule has 0 amide bonds. The highest BCUT2D eigenvalue weighted by molar-refractivity contribution is 9.10. The second-order valence-corrected chi connectivity index (χ2v) is 9.74. The zero-order chi connectivity index (χ0) is 21.1. The fourth-order valence-electron chi connectivity index (χ4n) is 3.37. The topological polar surface area (TPSA) is 84.4 Å². The maximum atomic E-state index is 13.1. The summed E-state index contributed by atoms with van der Waals surface area (Å²) >= 11 is 3.44. The van der Waals surface area contributed by atoms with Gasteiger partial charge in [-0.3, -0.25) is 0 Å². The molecular formula is C21H21BrN4O3S. The van der Waals surface area contributed by atoms with Crippen LogP contribution < -0.4 is 10.1 Å². The molecule has 0 saturated carbocycles. The van der Waals surface area contributed by atoms with Crippen molar-refractivity contribution in [3.8, 4) is 17.0 Å². The lowest BCUT2D eigenvalue weighted by molar-refractivity contribution is 0.398. The van der Waals surface area contributed by atoms with Crippen LogP contribution in [0.1, 0.15) is 12.8 Å². The third kappa shape index (κ3) is 4.33. The molecule has 1 aliphatic rings. The number of hydrogen-bond acceptors (Lipinski definition) is 6. The van der Waals surface area contributed by atoms with E-state index in [1.54, 1.807) is 24.3 Å². The zero-order valence-corrected chi connectivity index (χ0v) is 18.8. The van der Waals surface area contributed by atoms with Gasteiger partial charge >= 0.3 is 0 Å². The van der Waals surface area contributed by atoms with E-state index >= 15 is 0 Å². The first-order valence-electron chi connectivity index (χ1n) is 9.52. The number of aromatic nitrogens is 2. The molecule has 4 rings (SSSR count). The van der Waals surface area contributed by atoms with E-state index in [4.69, 9.17) is 4.74 Å². The average molecular weight is 489 g/mol. The lowest BCUT2D eigenvalue weighted by Crippen LogP contribution is -2.28. The van der Waals surface area contributed by atoms with Crippen LogP contribution in [0.5, 0.6) is 5.75 Å². The van der Waals surface area contributed by atoms with Crippen molar-refractivity contribution in [2.75, 3.05) is 25.5 Å². The lowest BCUT2D eigenvalue weighted by atomic mass is 10.1. The number of sulfonamides is 1. The van der Waals surface area contributed by atoms with Gasteiger partial charge in [0.25, 0.3) is 0 Å². The number of halogens is 1. The molecule has 1 saturated heterocycles. The summed E-state index contributed by atoms with van der Waals surface area (Å²) in [5, 5.41) is 11.7.